The van der Waals surface area contributed by atoms with Crippen molar-refractivity contribution in [2.75, 3.05) is 6.61 Å². The van der Waals surface area contributed by atoms with Crippen LogP contribution in [0.5, 0.6) is 5.88 Å². The highest BCUT2D eigenvalue weighted by molar-refractivity contribution is 9.10. The van der Waals surface area contributed by atoms with Gasteiger partial charge in [0.1, 0.15) is 0 Å². The molecule has 1 aromatic rings. The molecule has 70 valence electrons. The molecular weight excluding hydrogens is 230 g/mol. The summed E-state index contributed by atoms with van der Waals surface area (Å²) in [6.45, 7) is 6.23. The van der Waals surface area contributed by atoms with Crippen LogP contribution in [0, 0.1) is 6.92 Å². The zero-order chi connectivity index (χ0) is 9.68. The Balaban J connectivity index is 2.61. The fraction of sp³-hybridized carbons (Fsp3) is 0.300. The molecule has 1 aromatic heterocycles. The molecule has 0 fully saturated rings. The predicted molar refractivity (Wildman–Crippen MR) is 57.0 cm³/mol. The van der Waals surface area contributed by atoms with Crippen LogP contribution in [0.3, 0.4) is 0 Å². The first-order valence-electron chi connectivity index (χ1n) is 4.10. The summed E-state index contributed by atoms with van der Waals surface area (Å²) in [7, 11) is 0. The van der Waals surface area contributed by atoms with E-state index in [1.165, 1.54) is 0 Å². The van der Waals surface area contributed by atoms with Crippen LogP contribution in [0.25, 0.3) is 0 Å². The van der Waals surface area contributed by atoms with Crippen molar-refractivity contribution in [3.63, 3.8) is 0 Å². The molecule has 0 bridgehead atoms. The molecule has 0 aliphatic rings. The average Bonchev–Trinajstić information content (AvgIpc) is 2.09. The number of ether oxygens (including phenoxy) is 1. The second-order valence-electron chi connectivity index (χ2n) is 2.73. The van der Waals surface area contributed by atoms with Crippen molar-refractivity contribution in [3.8, 4) is 5.88 Å². The van der Waals surface area contributed by atoms with E-state index >= 15 is 0 Å². The first-order chi connectivity index (χ1) is 6.24. The van der Waals surface area contributed by atoms with Crippen LogP contribution >= 0.6 is 15.9 Å². The molecular formula is C10H12BrNO. The summed E-state index contributed by atoms with van der Waals surface area (Å²) in [6, 6.07) is 1.98. The third-order valence-electron chi connectivity index (χ3n) is 1.50. The van der Waals surface area contributed by atoms with E-state index in [4.69, 9.17) is 4.74 Å². The summed E-state index contributed by atoms with van der Waals surface area (Å²) in [6.07, 6.45) is 4.44. The minimum Gasteiger partial charge on any atom is -0.477 e. The highest BCUT2D eigenvalue weighted by Crippen LogP contribution is 2.22. The lowest BCUT2D eigenvalue weighted by Gasteiger charge is -2.05. The van der Waals surface area contributed by atoms with Gasteiger partial charge in [-0.1, -0.05) is 6.08 Å². The Bertz CT molecular complexity index is 299. The highest BCUT2D eigenvalue weighted by Gasteiger charge is 2.01. The fourth-order valence-corrected chi connectivity index (χ4v) is 1.44. The molecule has 13 heavy (non-hydrogen) atoms. The van der Waals surface area contributed by atoms with Gasteiger partial charge in [-0.25, -0.2) is 4.98 Å². The van der Waals surface area contributed by atoms with E-state index in [-0.39, 0.29) is 0 Å². The van der Waals surface area contributed by atoms with Gasteiger partial charge in [-0.15, -0.1) is 6.58 Å². The van der Waals surface area contributed by atoms with Crippen molar-refractivity contribution in [1.82, 2.24) is 4.98 Å². The van der Waals surface area contributed by atoms with E-state index in [1.807, 2.05) is 19.1 Å². The summed E-state index contributed by atoms with van der Waals surface area (Å²) in [5.41, 5.74) is 1.11. The number of aryl methyl sites for hydroxylation is 1. The minimum atomic E-state index is 0.623. The molecule has 0 aliphatic heterocycles. The van der Waals surface area contributed by atoms with Crippen LogP contribution < -0.4 is 4.74 Å². The second kappa shape index (κ2) is 5.02. The Labute approximate surface area is 86.8 Å². The maximum Gasteiger partial charge on any atom is 0.227 e. The lowest BCUT2D eigenvalue weighted by atomic mass is 10.3. The molecule has 1 heterocycles. The van der Waals surface area contributed by atoms with Crippen LogP contribution in [0.15, 0.2) is 29.4 Å². The van der Waals surface area contributed by atoms with E-state index < -0.39 is 0 Å². The van der Waals surface area contributed by atoms with Crippen LogP contribution in [-0.4, -0.2) is 11.6 Å². The number of hydrogen-bond donors (Lipinski definition) is 0. The number of rotatable bonds is 4. The van der Waals surface area contributed by atoms with Gasteiger partial charge < -0.3 is 4.74 Å². The van der Waals surface area contributed by atoms with E-state index in [2.05, 4.69) is 27.5 Å². The Morgan fingerprint density at radius 3 is 3.08 bits per heavy atom. The first-order valence-corrected chi connectivity index (χ1v) is 4.89. The maximum absolute atomic E-state index is 5.40. The number of halogens is 1. The van der Waals surface area contributed by atoms with E-state index in [0.717, 1.165) is 16.5 Å². The maximum atomic E-state index is 5.40. The zero-order valence-electron chi connectivity index (χ0n) is 7.59. The van der Waals surface area contributed by atoms with Crippen LogP contribution in [0.2, 0.25) is 0 Å². The third kappa shape index (κ3) is 3.19. The predicted octanol–water partition coefficient (Wildman–Crippen LogP) is 3.11. The van der Waals surface area contributed by atoms with Crippen molar-refractivity contribution < 1.29 is 4.74 Å². The second-order valence-corrected chi connectivity index (χ2v) is 3.58. The molecule has 3 heteroatoms. The summed E-state index contributed by atoms with van der Waals surface area (Å²) in [4.78, 5) is 4.15. The van der Waals surface area contributed by atoms with Gasteiger partial charge in [-0.05, 0) is 40.9 Å². The number of aromatic nitrogens is 1. The average molecular weight is 242 g/mol. The van der Waals surface area contributed by atoms with Crippen molar-refractivity contribution in [2.24, 2.45) is 0 Å². The minimum absolute atomic E-state index is 0.623. The fourth-order valence-electron chi connectivity index (χ4n) is 0.866. The summed E-state index contributed by atoms with van der Waals surface area (Å²) in [5, 5.41) is 0. The Hall–Kier alpha value is -0.830. The normalized spacial score (nSPS) is 9.69. The number of hydrogen-bond acceptors (Lipinski definition) is 2. The Kier molecular flexibility index (Phi) is 3.96. The Morgan fingerprint density at radius 2 is 2.46 bits per heavy atom. The monoisotopic (exact) mass is 241 g/mol. The molecule has 1 rings (SSSR count). The van der Waals surface area contributed by atoms with Crippen LogP contribution in [0.1, 0.15) is 12.0 Å². The molecule has 0 saturated carbocycles. The summed E-state index contributed by atoms with van der Waals surface area (Å²) in [5.74, 6) is 0.646. The molecule has 0 radical (unpaired) electrons. The number of pyridine rings is 1. The van der Waals surface area contributed by atoms with Gasteiger partial charge in [0.15, 0.2) is 0 Å². The van der Waals surface area contributed by atoms with Crippen molar-refractivity contribution in [2.45, 2.75) is 13.3 Å². The van der Waals surface area contributed by atoms with Gasteiger partial charge in [0, 0.05) is 6.20 Å². The smallest absolute Gasteiger partial charge is 0.227 e. The molecule has 0 aromatic carbocycles. The lowest BCUT2D eigenvalue weighted by Crippen LogP contribution is -1.98. The third-order valence-corrected chi connectivity index (χ3v) is 2.07. The molecule has 0 amide bonds. The van der Waals surface area contributed by atoms with Gasteiger partial charge in [0.25, 0.3) is 0 Å². The van der Waals surface area contributed by atoms with Gasteiger partial charge in [-0.3, -0.25) is 0 Å². The SMILES string of the molecule is C=CCCOc1ncc(C)cc1Br. The van der Waals surface area contributed by atoms with Crippen LogP contribution in [0.4, 0.5) is 0 Å². The van der Waals surface area contributed by atoms with Gasteiger partial charge in [0.2, 0.25) is 5.88 Å². The lowest BCUT2D eigenvalue weighted by molar-refractivity contribution is 0.310. The molecule has 0 unspecified atom stereocenters. The standard InChI is InChI=1S/C10H12BrNO/c1-3-4-5-13-10-9(11)6-8(2)7-12-10/h3,6-7H,1,4-5H2,2H3. The molecule has 2 nitrogen and oxygen atoms in total. The molecule has 0 N–H and O–H groups in total. The first kappa shape index (κ1) is 10.3. The summed E-state index contributed by atoms with van der Waals surface area (Å²) >= 11 is 3.39. The van der Waals surface area contributed by atoms with E-state index in [0.29, 0.717) is 12.5 Å². The molecule has 0 aliphatic carbocycles. The van der Waals surface area contributed by atoms with Crippen molar-refractivity contribution in [1.29, 1.82) is 0 Å². The van der Waals surface area contributed by atoms with Gasteiger partial charge in [0.05, 0.1) is 11.1 Å². The van der Waals surface area contributed by atoms with Gasteiger partial charge >= 0.3 is 0 Å². The largest absolute Gasteiger partial charge is 0.477 e. The molecule has 0 spiro atoms. The van der Waals surface area contributed by atoms with Gasteiger partial charge in [-0.2, -0.15) is 0 Å². The Morgan fingerprint density at radius 1 is 1.69 bits per heavy atom. The molecule has 0 saturated heterocycles. The van der Waals surface area contributed by atoms with Crippen molar-refractivity contribution in [3.05, 3.63) is 35.0 Å². The van der Waals surface area contributed by atoms with Crippen molar-refractivity contribution >= 4 is 15.9 Å². The number of nitrogens with zero attached hydrogens (tertiary/aromatic N) is 1. The topological polar surface area (TPSA) is 22.1 Å². The molecule has 0 atom stereocenters. The highest BCUT2D eigenvalue weighted by atomic mass is 79.9. The quantitative estimate of drug-likeness (QED) is 0.597. The summed E-state index contributed by atoms with van der Waals surface area (Å²) < 4.78 is 6.30. The van der Waals surface area contributed by atoms with E-state index in [9.17, 15) is 0 Å². The van der Waals surface area contributed by atoms with Crippen LogP contribution in [-0.2, 0) is 0 Å². The zero-order valence-corrected chi connectivity index (χ0v) is 9.17. The van der Waals surface area contributed by atoms with E-state index in [1.54, 1.807) is 6.20 Å².